The second kappa shape index (κ2) is 7.41. The number of carbonyl (C=O) groups excluding carboxylic acids is 2. The molecule has 0 unspecified atom stereocenters. The zero-order valence-electron chi connectivity index (χ0n) is 12.1. The van der Waals surface area contributed by atoms with Gasteiger partial charge in [-0.1, -0.05) is 18.5 Å². The fourth-order valence-corrected chi connectivity index (χ4v) is 2.55. The monoisotopic (exact) mass is 309 g/mol. The van der Waals surface area contributed by atoms with Crippen molar-refractivity contribution >= 4 is 29.2 Å². The van der Waals surface area contributed by atoms with Gasteiger partial charge in [-0.2, -0.15) is 0 Å². The SMILES string of the molecule is CCCC(=O)N1CCC(C(=O)Nc2ccc(Cl)cn2)CC1. The van der Waals surface area contributed by atoms with Crippen LogP contribution in [-0.4, -0.2) is 34.8 Å². The number of halogens is 1. The summed E-state index contributed by atoms with van der Waals surface area (Å²) in [5.41, 5.74) is 0. The first kappa shape index (κ1) is 15.8. The summed E-state index contributed by atoms with van der Waals surface area (Å²) in [4.78, 5) is 29.9. The number of rotatable bonds is 4. The molecule has 1 fully saturated rings. The first-order valence-corrected chi connectivity index (χ1v) is 7.68. The lowest BCUT2D eigenvalue weighted by atomic mass is 9.95. The van der Waals surface area contributed by atoms with E-state index in [1.807, 2.05) is 11.8 Å². The van der Waals surface area contributed by atoms with Gasteiger partial charge in [0.25, 0.3) is 0 Å². The van der Waals surface area contributed by atoms with Crippen molar-refractivity contribution in [2.24, 2.45) is 5.92 Å². The van der Waals surface area contributed by atoms with Crippen LogP contribution >= 0.6 is 11.6 Å². The van der Waals surface area contributed by atoms with Crippen LogP contribution in [0.15, 0.2) is 18.3 Å². The summed E-state index contributed by atoms with van der Waals surface area (Å²) < 4.78 is 0. The molecule has 6 heteroatoms. The Labute approximate surface area is 129 Å². The molecule has 21 heavy (non-hydrogen) atoms. The molecular formula is C15H20ClN3O2. The summed E-state index contributed by atoms with van der Waals surface area (Å²) in [5, 5.41) is 3.33. The highest BCUT2D eigenvalue weighted by molar-refractivity contribution is 6.30. The van der Waals surface area contributed by atoms with E-state index in [9.17, 15) is 9.59 Å². The van der Waals surface area contributed by atoms with Gasteiger partial charge in [0.2, 0.25) is 11.8 Å². The summed E-state index contributed by atoms with van der Waals surface area (Å²) in [6.07, 6.45) is 4.36. The lowest BCUT2D eigenvalue weighted by Crippen LogP contribution is -2.41. The predicted octanol–water partition coefficient (Wildman–Crippen LogP) is 2.71. The first-order valence-electron chi connectivity index (χ1n) is 7.30. The number of nitrogens with zero attached hydrogens (tertiary/aromatic N) is 2. The minimum atomic E-state index is -0.0619. The van der Waals surface area contributed by atoms with Gasteiger partial charge in [0.05, 0.1) is 5.02 Å². The molecular weight excluding hydrogens is 290 g/mol. The number of anilines is 1. The fraction of sp³-hybridized carbons (Fsp3) is 0.533. The van der Waals surface area contributed by atoms with Gasteiger partial charge >= 0.3 is 0 Å². The number of nitrogens with one attached hydrogen (secondary N) is 1. The van der Waals surface area contributed by atoms with E-state index in [0.29, 0.717) is 43.2 Å². The van der Waals surface area contributed by atoms with Gasteiger partial charge < -0.3 is 10.2 Å². The van der Waals surface area contributed by atoms with E-state index in [-0.39, 0.29) is 17.7 Å². The minimum absolute atomic E-state index is 0.0348. The molecule has 1 saturated heterocycles. The second-order valence-electron chi connectivity index (χ2n) is 5.26. The molecule has 1 aliphatic heterocycles. The largest absolute Gasteiger partial charge is 0.343 e. The molecule has 1 aromatic rings. The number of hydrogen-bond acceptors (Lipinski definition) is 3. The Balaban J connectivity index is 1.83. The number of likely N-dealkylation sites (tertiary alicyclic amines) is 1. The number of hydrogen-bond donors (Lipinski definition) is 1. The van der Waals surface area contributed by atoms with E-state index in [2.05, 4.69) is 10.3 Å². The maximum atomic E-state index is 12.2. The highest BCUT2D eigenvalue weighted by Gasteiger charge is 2.27. The number of aromatic nitrogens is 1. The van der Waals surface area contributed by atoms with Crippen LogP contribution in [0.3, 0.4) is 0 Å². The summed E-state index contributed by atoms with van der Waals surface area (Å²) in [5.74, 6) is 0.602. The van der Waals surface area contributed by atoms with E-state index in [1.165, 1.54) is 6.20 Å². The Hall–Kier alpha value is -1.62. The fourth-order valence-electron chi connectivity index (χ4n) is 2.44. The van der Waals surface area contributed by atoms with Crippen LogP contribution < -0.4 is 5.32 Å². The lowest BCUT2D eigenvalue weighted by Gasteiger charge is -2.31. The van der Waals surface area contributed by atoms with Crippen LogP contribution in [0.25, 0.3) is 0 Å². The average Bonchev–Trinajstić information content (AvgIpc) is 2.50. The molecule has 2 amide bonds. The molecule has 114 valence electrons. The standard InChI is InChI=1S/C15H20ClN3O2/c1-2-3-14(20)19-8-6-11(7-9-19)15(21)18-13-5-4-12(16)10-17-13/h4-5,10-11H,2-3,6-9H2,1H3,(H,17,18,21). The van der Waals surface area contributed by atoms with Gasteiger partial charge in [-0.25, -0.2) is 4.98 Å². The summed E-state index contributed by atoms with van der Waals surface area (Å²) in [6.45, 7) is 3.31. The van der Waals surface area contributed by atoms with Gasteiger partial charge in [-0.15, -0.1) is 0 Å². The second-order valence-corrected chi connectivity index (χ2v) is 5.69. The third-order valence-electron chi connectivity index (χ3n) is 3.66. The third kappa shape index (κ3) is 4.43. The van der Waals surface area contributed by atoms with Crippen LogP contribution in [0.2, 0.25) is 5.02 Å². The van der Waals surface area contributed by atoms with E-state index in [0.717, 1.165) is 6.42 Å². The van der Waals surface area contributed by atoms with Crippen LogP contribution in [-0.2, 0) is 9.59 Å². The Morgan fingerprint density at radius 3 is 2.67 bits per heavy atom. The van der Waals surface area contributed by atoms with E-state index >= 15 is 0 Å². The van der Waals surface area contributed by atoms with Crippen LogP contribution in [0.1, 0.15) is 32.6 Å². The highest BCUT2D eigenvalue weighted by Crippen LogP contribution is 2.20. The molecule has 1 aromatic heterocycles. The van der Waals surface area contributed by atoms with Crippen molar-refractivity contribution < 1.29 is 9.59 Å². The molecule has 2 rings (SSSR count). The van der Waals surface area contributed by atoms with Crippen molar-refractivity contribution in [2.75, 3.05) is 18.4 Å². The van der Waals surface area contributed by atoms with Gasteiger partial charge in [0, 0.05) is 31.6 Å². The molecule has 0 bridgehead atoms. The summed E-state index contributed by atoms with van der Waals surface area (Å²) in [6, 6.07) is 3.37. The Morgan fingerprint density at radius 2 is 2.10 bits per heavy atom. The number of amides is 2. The number of carbonyl (C=O) groups is 2. The van der Waals surface area contributed by atoms with Crippen molar-refractivity contribution in [3.63, 3.8) is 0 Å². The molecule has 0 aliphatic carbocycles. The van der Waals surface area contributed by atoms with Crippen molar-refractivity contribution in [1.82, 2.24) is 9.88 Å². The topological polar surface area (TPSA) is 62.3 Å². The normalized spacial score (nSPS) is 15.8. The molecule has 1 N–H and O–H groups in total. The summed E-state index contributed by atoms with van der Waals surface area (Å²) >= 11 is 5.76. The van der Waals surface area contributed by atoms with Crippen LogP contribution in [0.5, 0.6) is 0 Å². The van der Waals surface area contributed by atoms with E-state index in [4.69, 9.17) is 11.6 Å². The number of pyridine rings is 1. The Kier molecular flexibility index (Phi) is 5.56. The molecule has 0 aromatic carbocycles. The van der Waals surface area contributed by atoms with Gasteiger partial charge in [-0.05, 0) is 31.4 Å². The van der Waals surface area contributed by atoms with Crippen molar-refractivity contribution in [1.29, 1.82) is 0 Å². The molecule has 1 aliphatic rings. The van der Waals surface area contributed by atoms with Gasteiger partial charge in [0.15, 0.2) is 0 Å². The maximum absolute atomic E-state index is 12.2. The predicted molar refractivity (Wildman–Crippen MR) is 82.1 cm³/mol. The van der Waals surface area contributed by atoms with E-state index < -0.39 is 0 Å². The molecule has 0 atom stereocenters. The van der Waals surface area contributed by atoms with Crippen molar-refractivity contribution in [3.05, 3.63) is 23.4 Å². The van der Waals surface area contributed by atoms with Crippen molar-refractivity contribution in [2.45, 2.75) is 32.6 Å². The zero-order valence-corrected chi connectivity index (χ0v) is 12.9. The van der Waals surface area contributed by atoms with Crippen LogP contribution in [0.4, 0.5) is 5.82 Å². The first-order chi connectivity index (χ1) is 10.1. The highest BCUT2D eigenvalue weighted by atomic mass is 35.5. The summed E-state index contributed by atoms with van der Waals surface area (Å²) in [7, 11) is 0. The third-order valence-corrected chi connectivity index (χ3v) is 3.88. The van der Waals surface area contributed by atoms with Crippen molar-refractivity contribution in [3.8, 4) is 0 Å². The minimum Gasteiger partial charge on any atom is -0.343 e. The molecule has 0 radical (unpaired) electrons. The van der Waals surface area contributed by atoms with Crippen LogP contribution in [0, 0.1) is 5.92 Å². The Morgan fingerprint density at radius 1 is 1.38 bits per heavy atom. The van der Waals surface area contributed by atoms with Gasteiger partial charge in [-0.3, -0.25) is 9.59 Å². The van der Waals surface area contributed by atoms with E-state index in [1.54, 1.807) is 12.1 Å². The quantitative estimate of drug-likeness (QED) is 0.930. The molecule has 0 spiro atoms. The van der Waals surface area contributed by atoms with Gasteiger partial charge in [0.1, 0.15) is 5.82 Å². The smallest absolute Gasteiger partial charge is 0.228 e. The zero-order chi connectivity index (χ0) is 15.2. The molecule has 2 heterocycles. The Bertz CT molecular complexity index is 496. The maximum Gasteiger partial charge on any atom is 0.228 e. The lowest BCUT2D eigenvalue weighted by molar-refractivity contribution is -0.134. The average molecular weight is 310 g/mol. The molecule has 0 saturated carbocycles. The molecule has 5 nitrogen and oxygen atoms in total. The number of piperidine rings is 1.